The fourth-order valence-electron chi connectivity index (χ4n) is 4.08. The molecule has 0 saturated heterocycles. The number of ether oxygens (including phenoxy) is 2. The van der Waals surface area contributed by atoms with Crippen LogP contribution in [0.25, 0.3) is 22.2 Å². The molecule has 36 heavy (non-hydrogen) atoms. The summed E-state index contributed by atoms with van der Waals surface area (Å²) < 4.78 is 28.2. The van der Waals surface area contributed by atoms with Crippen LogP contribution >= 0.6 is 0 Å². The first-order chi connectivity index (χ1) is 17.4. The normalized spacial score (nSPS) is 17.8. The van der Waals surface area contributed by atoms with Crippen molar-refractivity contribution in [1.29, 1.82) is 0 Å². The molecule has 0 spiro atoms. The van der Waals surface area contributed by atoms with Crippen molar-refractivity contribution >= 4 is 23.1 Å². The standard InChI is InChI=1S/C27H27FN6O2/c1-17-30-12-18(13-33(17)2)15-35-22-8-9-23(11-20(28)10-22)36-21-6-4-19(5-7-21)24-14-34(3)27-25(24)26(29)31-16-32-27/h4-7,9-14,16-17H,8,15H2,1-3H3,(H2,29,31,32). The van der Waals surface area contributed by atoms with Crippen LogP contribution in [0.2, 0.25) is 0 Å². The first-order valence-corrected chi connectivity index (χ1v) is 11.6. The van der Waals surface area contributed by atoms with Crippen molar-refractivity contribution in [1.82, 2.24) is 19.4 Å². The molecule has 0 fully saturated rings. The predicted octanol–water partition coefficient (Wildman–Crippen LogP) is 4.88. The number of aliphatic imine (C=N–C) groups is 1. The first-order valence-electron chi connectivity index (χ1n) is 11.6. The molecule has 184 valence electrons. The molecule has 1 aliphatic carbocycles. The van der Waals surface area contributed by atoms with Gasteiger partial charge in [-0.3, -0.25) is 4.99 Å². The number of hydrogen-bond acceptors (Lipinski definition) is 7. The number of benzene rings is 1. The van der Waals surface area contributed by atoms with Crippen LogP contribution in [0.1, 0.15) is 13.3 Å². The van der Waals surface area contributed by atoms with Crippen molar-refractivity contribution in [2.24, 2.45) is 12.0 Å². The molecule has 0 saturated carbocycles. The number of allylic oxidation sites excluding steroid dienone is 4. The zero-order valence-corrected chi connectivity index (χ0v) is 20.4. The SMILES string of the molecule is CC1N=CC(COC2=CC(F)=CC(Oc3ccc(-c4cn(C)c5ncnc(N)c45)cc3)=CC2)=CN1C. The van der Waals surface area contributed by atoms with E-state index in [0.29, 0.717) is 36.1 Å². The molecule has 5 rings (SSSR count). The molecule has 2 aromatic heterocycles. The molecule has 1 aromatic carbocycles. The minimum Gasteiger partial charge on any atom is -0.493 e. The number of nitrogen functional groups attached to an aromatic ring is 1. The van der Waals surface area contributed by atoms with Crippen molar-refractivity contribution in [2.45, 2.75) is 19.5 Å². The summed E-state index contributed by atoms with van der Waals surface area (Å²) in [6.07, 6.45) is 12.2. The molecule has 1 atom stereocenters. The number of nitrogens with zero attached hydrogens (tertiary/aromatic N) is 5. The van der Waals surface area contributed by atoms with Crippen LogP contribution in [0.3, 0.4) is 0 Å². The van der Waals surface area contributed by atoms with E-state index in [1.165, 1.54) is 18.5 Å². The van der Waals surface area contributed by atoms with Crippen LogP contribution in [-0.4, -0.2) is 45.5 Å². The highest BCUT2D eigenvalue weighted by Gasteiger charge is 2.15. The second kappa shape index (κ2) is 9.69. The number of aromatic nitrogens is 3. The van der Waals surface area contributed by atoms with Gasteiger partial charge in [0.2, 0.25) is 0 Å². The summed E-state index contributed by atoms with van der Waals surface area (Å²) in [5, 5.41) is 0.806. The van der Waals surface area contributed by atoms with Crippen molar-refractivity contribution in [3.63, 3.8) is 0 Å². The highest BCUT2D eigenvalue weighted by Crippen LogP contribution is 2.33. The van der Waals surface area contributed by atoms with E-state index >= 15 is 0 Å². The Labute approximate surface area is 208 Å². The minimum atomic E-state index is -0.436. The summed E-state index contributed by atoms with van der Waals surface area (Å²) in [5.74, 6) is 1.51. The van der Waals surface area contributed by atoms with Gasteiger partial charge < -0.3 is 24.7 Å². The number of nitrogens with two attached hydrogens (primary N) is 1. The van der Waals surface area contributed by atoms with Gasteiger partial charge in [0.25, 0.3) is 0 Å². The molecule has 1 aliphatic heterocycles. The Bertz CT molecular complexity index is 1450. The van der Waals surface area contributed by atoms with E-state index in [0.717, 1.165) is 27.7 Å². The first kappa shape index (κ1) is 23.3. The highest BCUT2D eigenvalue weighted by atomic mass is 19.1. The number of hydrogen-bond donors (Lipinski definition) is 1. The fourth-order valence-corrected chi connectivity index (χ4v) is 4.08. The second-order valence-corrected chi connectivity index (χ2v) is 8.76. The Kier molecular flexibility index (Phi) is 6.28. The third-order valence-corrected chi connectivity index (χ3v) is 6.11. The fraction of sp³-hybridized carbons (Fsp3) is 0.222. The molecule has 2 N–H and O–H groups in total. The zero-order chi connectivity index (χ0) is 25.2. The van der Waals surface area contributed by atoms with E-state index < -0.39 is 5.83 Å². The third-order valence-electron chi connectivity index (χ3n) is 6.11. The van der Waals surface area contributed by atoms with Gasteiger partial charge in [0.05, 0.1) is 5.39 Å². The third kappa shape index (κ3) is 4.86. The average molecular weight is 487 g/mol. The summed E-state index contributed by atoms with van der Waals surface area (Å²) in [6.45, 7) is 2.32. The van der Waals surface area contributed by atoms with E-state index in [2.05, 4.69) is 15.0 Å². The number of anilines is 1. The Morgan fingerprint density at radius 2 is 1.94 bits per heavy atom. The van der Waals surface area contributed by atoms with Gasteiger partial charge in [0.1, 0.15) is 53.7 Å². The van der Waals surface area contributed by atoms with Crippen molar-refractivity contribution < 1.29 is 13.9 Å². The lowest BCUT2D eigenvalue weighted by Crippen LogP contribution is -2.26. The van der Waals surface area contributed by atoms with Gasteiger partial charge in [-0.25, -0.2) is 14.4 Å². The molecular weight excluding hydrogens is 459 g/mol. The van der Waals surface area contributed by atoms with Crippen molar-refractivity contribution in [2.75, 3.05) is 19.4 Å². The molecule has 0 radical (unpaired) electrons. The lowest BCUT2D eigenvalue weighted by Gasteiger charge is -2.24. The van der Waals surface area contributed by atoms with Gasteiger partial charge in [-0.2, -0.15) is 0 Å². The summed E-state index contributed by atoms with van der Waals surface area (Å²) in [6, 6.07) is 7.53. The van der Waals surface area contributed by atoms with E-state index in [1.54, 1.807) is 12.3 Å². The van der Waals surface area contributed by atoms with E-state index in [9.17, 15) is 4.39 Å². The molecule has 3 heterocycles. The summed E-state index contributed by atoms with van der Waals surface area (Å²) in [5.41, 5.74) is 9.68. The van der Waals surface area contributed by atoms with Crippen molar-refractivity contribution in [3.8, 4) is 16.9 Å². The van der Waals surface area contributed by atoms with Crippen LogP contribution in [0.15, 0.2) is 89.1 Å². The van der Waals surface area contributed by atoms with Gasteiger partial charge in [-0.1, -0.05) is 12.1 Å². The Morgan fingerprint density at radius 3 is 2.72 bits per heavy atom. The summed E-state index contributed by atoms with van der Waals surface area (Å²) in [4.78, 5) is 14.8. The smallest absolute Gasteiger partial charge is 0.145 e. The number of aryl methyl sites for hydroxylation is 1. The number of fused-ring (bicyclic) bond motifs is 1. The second-order valence-electron chi connectivity index (χ2n) is 8.76. The van der Waals surface area contributed by atoms with Gasteiger partial charge in [0, 0.05) is 62.4 Å². The largest absolute Gasteiger partial charge is 0.493 e. The van der Waals surface area contributed by atoms with Crippen LogP contribution in [0, 0.1) is 0 Å². The Morgan fingerprint density at radius 1 is 1.14 bits per heavy atom. The van der Waals surface area contributed by atoms with Crippen LogP contribution in [0.4, 0.5) is 10.2 Å². The van der Waals surface area contributed by atoms with E-state index in [-0.39, 0.29) is 6.17 Å². The maximum atomic E-state index is 14.5. The molecule has 9 heteroatoms. The highest BCUT2D eigenvalue weighted by molar-refractivity contribution is 6.00. The van der Waals surface area contributed by atoms with Crippen LogP contribution < -0.4 is 10.5 Å². The van der Waals surface area contributed by atoms with Gasteiger partial charge in [-0.05, 0) is 30.7 Å². The quantitative estimate of drug-likeness (QED) is 0.534. The van der Waals surface area contributed by atoms with Crippen LogP contribution in [-0.2, 0) is 11.8 Å². The predicted molar refractivity (Wildman–Crippen MR) is 139 cm³/mol. The molecule has 0 amide bonds. The minimum absolute atomic E-state index is 0.0992. The average Bonchev–Trinajstić information content (AvgIpc) is 3.10. The Hall–Kier alpha value is -4.40. The molecule has 3 aromatic rings. The van der Waals surface area contributed by atoms with Crippen molar-refractivity contribution in [3.05, 3.63) is 84.1 Å². The zero-order valence-electron chi connectivity index (χ0n) is 20.4. The summed E-state index contributed by atoms with van der Waals surface area (Å²) in [7, 11) is 3.87. The van der Waals surface area contributed by atoms with E-state index in [1.807, 2.05) is 67.1 Å². The van der Waals surface area contributed by atoms with Crippen LogP contribution in [0.5, 0.6) is 5.75 Å². The molecule has 0 bridgehead atoms. The maximum Gasteiger partial charge on any atom is 0.145 e. The molecular formula is C27H27FN6O2. The maximum absolute atomic E-state index is 14.5. The molecule has 8 nitrogen and oxygen atoms in total. The number of halogens is 1. The molecule has 2 aliphatic rings. The summed E-state index contributed by atoms with van der Waals surface area (Å²) >= 11 is 0. The van der Waals surface area contributed by atoms with E-state index in [4.69, 9.17) is 15.2 Å². The lowest BCUT2D eigenvalue weighted by molar-refractivity contribution is 0.233. The van der Waals surface area contributed by atoms with Gasteiger partial charge in [0.15, 0.2) is 0 Å². The number of rotatable bonds is 6. The van der Waals surface area contributed by atoms with Gasteiger partial charge in [-0.15, -0.1) is 0 Å². The topological polar surface area (TPSA) is 90.8 Å². The Balaban J connectivity index is 1.26. The monoisotopic (exact) mass is 486 g/mol. The lowest BCUT2D eigenvalue weighted by atomic mass is 10.1. The molecule has 1 unspecified atom stereocenters. The van der Waals surface area contributed by atoms with Gasteiger partial charge >= 0.3 is 0 Å².